The summed E-state index contributed by atoms with van der Waals surface area (Å²) in [6.07, 6.45) is 6.13. The summed E-state index contributed by atoms with van der Waals surface area (Å²) in [5.41, 5.74) is 5.35. The molecule has 9 nitrogen and oxygen atoms in total. The minimum absolute atomic E-state index is 0.0133. The molecule has 0 saturated heterocycles. The van der Waals surface area contributed by atoms with Crippen LogP contribution in [0.5, 0.6) is 0 Å². The maximum Gasteiger partial charge on any atom is 0.222 e. The lowest BCUT2D eigenvalue weighted by molar-refractivity contribution is -0.122. The number of carbonyl (C=O) groups is 1. The van der Waals surface area contributed by atoms with E-state index in [1.54, 1.807) is 0 Å². The quantitative estimate of drug-likeness (QED) is 0.119. The Morgan fingerprint density at radius 2 is 1.56 bits per heavy atom. The van der Waals surface area contributed by atoms with Gasteiger partial charge < -0.3 is 40.1 Å². The van der Waals surface area contributed by atoms with Crippen LogP contribution in [-0.2, 0) is 28.5 Å². The molecule has 0 heterocycles. The number of amides is 1. The highest BCUT2D eigenvalue weighted by molar-refractivity contribution is 5.76. The van der Waals surface area contributed by atoms with Gasteiger partial charge in [0.05, 0.1) is 59.5 Å². The SMILES string of the molecule is CCC(C)/C=C/CNC(=O)CCOCCOCCOC(C)(N)CCOCCOCCNC. The van der Waals surface area contributed by atoms with Crippen LogP contribution < -0.4 is 16.4 Å². The average Bonchev–Trinajstić information content (AvgIpc) is 2.77. The van der Waals surface area contributed by atoms with Crippen LogP contribution >= 0.6 is 0 Å². The molecule has 2 atom stereocenters. The number of hydrogen-bond acceptors (Lipinski definition) is 8. The standard InChI is InChI=1S/C23H47N3O6/c1-5-21(2)7-6-10-26-22(27)8-12-28-15-18-31-19-20-32-23(3,24)9-13-29-16-17-30-14-11-25-4/h6-7,21,25H,5,8-20,24H2,1-4H3,(H,26,27)/b7-6+. The molecule has 190 valence electrons. The normalized spacial score (nSPS) is 14.5. The molecule has 0 bridgehead atoms. The van der Waals surface area contributed by atoms with Crippen LogP contribution in [-0.4, -0.2) is 91.2 Å². The molecule has 0 spiro atoms. The Morgan fingerprint density at radius 1 is 0.969 bits per heavy atom. The molecule has 0 rings (SSSR count). The second kappa shape index (κ2) is 21.8. The summed E-state index contributed by atoms with van der Waals surface area (Å²) in [7, 11) is 1.89. The smallest absolute Gasteiger partial charge is 0.222 e. The average molecular weight is 462 g/mol. The topological polar surface area (TPSA) is 113 Å². The van der Waals surface area contributed by atoms with Crippen molar-refractivity contribution in [2.24, 2.45) is 11.7 Å². The molecule has 0 aromatic heterocycles. The lowest BCUT2D eigenvalue weighted by Crippen LogP contribution is -2.41. The Hall–Kier alpha value is -1.07. The Labute approximate surface area is 194 Å². The summed E-state index contributed by atoms with van der Waals surface area (Å²) < 4.78 is 27.4. The van der Waals surface area contributed by atoms with Crippen molar-refractivity contribution in [1.29, 1.82) is 0 Å². The first-order valence-electron chi connectivity index (χ1n) is 11.7. The number of nitrogens with one attached hydrogen (secondary N) is 2. The Morgan fingerprint density at radius 3 is 2.22 bits per heavy atom. The van der Waals surface area contributed by atoms with Crippen LogP contribution in [0.1, 0.15) is 40.0 Å². The molecule has 4 N–H and O–H groups in total. The fourth-order valence-corrected chi connectivity index (χ4v) is 2.36. The molecule has 32 heavy (non-hydrogen) atoms. The maximum absolute atomic E-state index is 11.7. The van der Waals surface area contributed by atoms with E-state index in [1.165, 1.54) is 0 Å². The third-order valence-electron chi connectivity index (χ3n) is 4.64. The van der Waals surface area contributed by atoms with Crippen LogP contribution in [0.15, 0.2) is 12.2 Å². The van der Waals surface area contributed by atoms with E-state index in [0.29, 0.717) is 84.8 Å². The minimum Gasteiger partial charge on any atom is -0.379 e. The van der Waals surface area contributed by atoms with E-state index in [9.17, 15) is 4.79 Å². The van der Waals surface area contributed by atoms with Crippen LogP contribution in [0.3, 0.4) is 0 Å². The van der Waals surface area contributed by atoms with Gasteiger partial charge in [0.2, 0.25) is 5.91 Å². The van der Waals surface area contributed by atoms with Gasteiger partial charge in [0, 0.05) is 25.9 Å². The summed E-state index contributed by atoms with van der Waals surface area (Å²) in [5.74, 6) is 0.526. The number of allylic oxidation sites excluding steroid dienone is 1. The van der Waals surface area contributed by atoms with Crippen molar-refractivity contribution in [2.45, 2.75) is 45.8 Å². The fraction of sp³-hybridized carbons (Fsp3) is 0.870. The van der Waals surface area contributed by atoms with Crippen molar-refractivity contribution in [1.82, 2.24) is 10.6 Å². The van der Waals surface area contributed by atoms with E-state index >= 15 is 0 Å². The largest absolute Gasteiger partial charge is 0.379 e. The molecule has 0 aliphatic heterocycles. The predicted octanol–water partition coefficient (Wildman–Crippen LogP) is 1.46. The molecule has 2 unspecified atom stereocenters. The van der Waals surface area contributed by atoms with Gasteiger partial charge in [0.15, 0.2) is 0 Å². The van der Waals surface area contributed by atoms with Crippen molar-refractivity contribution < 1.29 is 28.5 Å². The number of ether oxygens (including phenoxy) is 5. The molecule has 0 radical (unpaired) electrons. The highest BCUT2D eigenvalue weighted by Gasteiger charge is 2.18. The third kappa shape index (κ3) is 22.1. The van der Waals surface area contributed by atoms with Gasteiger partial charge in [-0.2, -0.15) is 0 Å². The Balaban J connectivity index is 3.45. The van der Waals surface area contributed by atoms with Gasteiger partial charge >= 0.3 is 0 Å². The Bertz CT molecular complexity index is 463. The zero-order chi connectivity index (χ0) is 23.9. The highest BCUT2D eigenvalue weighted by Crippen LogP contribution is 2.07. The first kappa shape index (κ1) is 30.9. The number of likely N-dealkylation sites (N-methyl/N-ethyl adjacent to an activating group) is 1. The summed E-state index contributed by atoms with van der Waals surface area (Å²) in [6.45, 7) is 11.9. The molecule has 1 amide bonds. The van der Waals surface area contributed by atoms with Gasteiger partial charge in [-0.1, -0.05) is 32.4 Å². The number of hydrogen-bond donors (Lipinski definition) is 3. The van der Waals surface area contributed by atoms with Gasteiger partial charge in [-0.3, -0.25) is 4.79 Å². The van der Waals surface area contributed by atoms with E-state index in [1.807, 2.05) is 20.0 Å². The molecule has 9 heteroatoms. The highest BCUT2D eigenvalue weighted by atomic mass is 16.6. The van der Waals surface area contributed by atoms with E-state index in [-0.39, 0.29) is 5.91 Å². The van der Waals surface area contributed by atoms with Crippen LogP contribution in [0, 0.1) is 5.92 Å². The van der Waals surface area contributed by atoms with Crippen molar-refractivity contribution in [3.8, 4) is 0 Å². The molecule has 0 aromatic carbocycles. The van der Waals surface area contributed by atoms with Gasteiger partial charge in [-0.05, 0) is 19.9 Å². The molecular formula is C23H47N3O6. The maximum atomic E-state index is 11.7. The van der Waals surface area contributed by atoms with Crippen LogP contribution in [0.25, 0.3) is 0 Å². The predicted molar refractivity (Wildman–Crippen MR) is 127 cm³/mol. The molecule has 0 aliphatic rings. The van der Waals surface area contributed by atoms with Crippen molar-refractivity contribution >= 4 is 5.91 Å². The molecule has 0 saturated carbocycles. The third-order valence-corrected chi connectivity index (χ3v) is 4.64. The monoisotopic (exact) mass is 461 g/mol. The Kier molecular flexibility index (Phi) is 21.0. The summed E-state index contributed by atoms with van der Waals surface area (Å²) in [6, 6.07) is 0. The fourth-order valence-electron chi connectivity index (χ4n) is 2.36. The second-order valence-electron chi connectivity index (χ2n) is 7.83. The summed E-state index contributed by atoms with van der Waals surface area (Å²) in [5, 5.41) is 5.86. The lowest BCUT2D eigenvalue weighted by atomic mass is 10.1. The molecule has 0 aromatic rings. The minimum atomic E-state index is -0.760. The van der Waals surface area contributed by atoms with Crippen molar-refractivity contribution in [2.75, 3.05) is 79.6 Å². The van der Waals surface area contributed by atoms with Crippen LogP contribution in [0.4, 0.5) is 0 Å². The van der Waals surface area contributed by atoms with Gasteiger partial charge in [-0.25, -0.2) is 0 Å². The van der Waals surface area contributed by atoms with Crippen LogP contribution in [0.2, 0.25) is 0 Å². The van der Waals surface area contributed by atoms with Gasteiger partial charge in [0.25, 0.3) is 0 Å². The first-order chi connectivity index (χ1) is 15.4. The zero-order valence-corrected chi connectivity index (χ0v) is 20.7. The van der Waals surface area contributed by atoms with E-state index in [0.717, 1.165) is 13.0 Å². The first-order valence-corrected chi connectivity index (χ1v) is 11.7. The van der Waals surface area contributed by atoms with E-state index < -0.39 is 5.72 Å². The number of rotatable bonds is 23. The second-order valence-corrected chi connectivity index (χ2v) is 7.83. The summed E-state index contributed by atoms with van der Waals surface area (Å²) >= 11 is 0. The van der Waals surface area contributed by atoms with E-state index in [2.05, 4.69) is 30.6 Å². The molecule has 0 aliphatic carbocycles. The van der Waals surface area contributed by atoms with E-state index in [4.69, 9.17) is 29.4 Å². The molecular weight excluding hydrogens is 414 g/mol. The number of carbonyl (C=O) groups excluding carboxylic acids is 1. The van der Waals surface area contributed by atoms with Gasteiger partial charge in [-0.15, -0.1) is 0 Å². The van der Waals surface area contributed by atoms with Crippen molar-refractivity contribution in [3.63, 3.8) is 0 Å². The number of nitrogens with two attached hydrogens (primary N) is 1. The van der Waals surface area contributed by atoms with Gasteiger partial charge in [0.1, 0.15) is 5.72 Å². The summed E-state index contributed by atoms with van der Waals surface area (Å²) in [4.78, 5) is 11.7. The lowest BCUT2D eigenvalue weighted by Gasteiger charge is -2.25. The van der Waals surface area contributed by atoms with Crippen molar-refractivity contribution in [3.05, 3.63) is 12.2 Å². The zero-order valence-electron chi connectivity index (χ0n) is 20.7. The molecule has 0 fully saturated rings.